The predicted octanol–water partition coefficient (Wildman–Crippen LogP) is 2.91. The van der Waals surface area contributed by atoms with Crippen molar-refractivity contribution in [3.05, 3.63) is 46.6 Å². The monoisotopic (exact) mass is 630 g/mol. The average molecular weight is 632 g/mol. The van der Waals surface area contributed by atoms with Crippen LogP contribution in [0.25, 0.3) is 10.9 Å². The van der Waals surface area contributed by atoms with E-state index in [9.17, 15) is 16.8 Å². The zero-order chi connectivity index (χ0) is 28.8. The van der Waals surface area contributed by atoms with Crippen LogP contribution in [0.2, 0.25) is 10.0 Å². The van der Waals surface area contributed by atoms with Crippen molar-refractivity contribution in [1.29, 1.82) is 0 Å². The smallest absolute Gasteiger partial charge is 0.262 e. The fourth-order valence-corrected chi connectivity index (χ4v) is 7.35. The second-order valence-corrected chi connectivity index (χ2v) is 13.0. The molecule has 0 saturated carbocycles. The molecule has 216 valence electrons. The van der Waals surface area contributed by atoms with Gasteiger partial charge in [0.2, 0.25) is 10.0 Å². The van der Waals surface area contributed by atoms with Crippen molar-refractivity contribution in [2.24, 2.45) is 0 Å². The first-order chi connectivity index (χ1) is 19.1. The lowest BCUT2D eigenvalue weighted by Gasteiger charge is -2.27. The number of aromatic amines is 1. The van der Waals surface area contributed by atoms with Crippen molar-refractivity contribution >= 4 is 59.8 Å². The van der Waals surface area contributed by atoms with Gasteiger partial charge in [0.05, 0.1) is 46.0 Å². The lowest BCUT2D eigenvalue weighted by atomic mass is 10.2. The summed E-state index contributed by atoms with van der Waals surface area (Å²) in [6, 6.07) is 6.70. The van der Waals surface area contributed by atoms with Crippen molar-refractivity contribution in [2.45, 2.75) is 9.79 Å². The Labute approximate surface area is 243 Å². The Hall–Kier alpha value is -2.54. The van der Waals surface area contributed by atoms with Crippen LogP contribution in [0.1, 0.15) is 0 Å². The number of hydrogen-bond donors (Lipinski definition) is 3. The van der Waals surface area contributed by atoms with Gasteiger partial charge in [-0.1, -0.05) is 29.1 Å². The van der Waals surface area contributed by atoms with Gasteiger partial charge in [-0.3, -0.25) is 4.72 Å². The third-order valence-electron chi connectivity index (χ3n) is 5.94. The van der Waals surface area contributed by atoms with Crippen molar-refractivity contribution in [2.75, 3.05) is 63.9 Å². The summed E-state index contributed by atoms with van der Waals surface area (Å²) in [4.78, 5) is 2.37. The van der Waals surface area contributed by atoms with Gasteiger partial charge in [-0.05, 0) is 30.3 Å². The van der Waals surface area contributed by atoms with Crippen LogP contribution in [-0.4, -0.2) is 85.3 Å². The lowest BCUT2D eigenvalue weighted by Crippen LogP contribution is -2.46. The number of hydrogen-bond acceptors (Lipinski definition) is 8. The number of sulfonamides is 2. The predicted molar refractivity (Wildman–Crippen MR) is 153 cm³/mol. The number of nitrogens with zero attached hydrogens (tertiary/aromatic N) is 1. The Balaban J connectivity index is 1.59. The second kappa shape index (κ2) is 13.4. The lowest BCUT2D eigenvalue weighted by molar-refractivity contribution is 0.0458. The molecular formula is C25H28Cl2N4O7S2. The Morgan fingerprint density at radius 1 is 0.975 bits per heavy atom. The molecule has 15 heteroatoms. The number of benzene rings is 2. The first kappa shape index (κ1) is 30.4. The van der Waals surface area contributed by atoms with E-state index < -0.39 is 20.0 Å². The van der Waals surface area contributed by atoms with E-state index in [1.807, 2.05) is 0 Å². The maximum Gasteiger partial charge on any atom is 0.262 e. The number of ether oxygens (including phenoxy) is 3. The van der Waals surface area contributed by atoms with Crippen molar-refractivity contribution in [1.82, 2.24) is 14.6 Å². The number of piperazine rings is 1. The van der Waals surface area contributed by atoms with Crippen molar-refractivity contribution in [3.8, 4) is 18.1 Å². The van der Waals surface area contributed by atoms with Crippen LogP contribution in [0, 0.1) is 12.3 Å². The minimum atomic E-state index is -4.24. The number of rotatable bonds is 13. The molecule has 0 atom stereocenters. The highest BCUT2D eigenvalue weighted by atomic mass is 35.5. The molecule has 0 amide bonds. The van der Waals surface area contributed by atoms with Crippen molar-refractivity contribution < 1.29 is 31.0 Å². The zero-order valence-corrected chi connectivity index (χ0v) is 24.4. The Morgan fingerprint density at radius 3 is 2.45 bits per heavy atom. The zero-order valence-electron chi connectivity index (χ0n) is 21.3. The number of terminal acetylenes is 1. The van der Waals surface area contributed by atoms with Crippen LogP contribution in [0.4, 0.5) is 5.69 Å². The maximum absolute atomic E-state index is 13.6. The first-order valence-corrected chi connectivity index (χ1v) is 15.9. The fraction of sp³-hybridized carbons (Fsp3) is 0.360. The third kappa shape index (κ3) is 7.02. The van der Waals surface area contributed by atoms with E-state index in [1.165, 1.54) is 34.8 Å². The molecular weight excluding hydrogens is 603 g/mol. The van der Waals surface area contributed by atoms with E-state index in [-0.39, 0.29) is 60.7 Å². The number of anilines is 1. The highest BCUT2D eigenvalue weighted by Crippen LogP contribution is 2.36. The minimum absolute atomic E-state index is 0.00898. The van der Waals surface area contributed by atoms with Gasteiger partial charge in [0.25, 0.3) is 10.0 Å². The number of H-pyrrole nitrogens is 1. The molecule has 0 unspecified atom stereocenters. The molecule has 1 aliphatic heterocycles. The molecule has 2 aromatic carbocycles. The molecule has 0 radical (unpaired) electrons. The SMILES string of the molecule is C#CCOCCOCCOc1ccc(S(=O)(=O)Nc2ccc(Cl)c3c(Cl)c[nH]c23)cc1S(=O)(=O)N1CCNCC1. The van der Waals surface area contributed by atoms with Gasteiger partial charge in [-0.25, -0.2) is 16.8 Å². The van der Waals surface area contributed by atoms with Gasteiger partial charge < -0.3 is 24.5 Å². The van der Waals surface area contributed by atoms with E-state index >= 15 is 0 Å². The third-order valence-corrected chi connectivity index (χ3v) is 9.84. The first-order valence-electron chi connectivity index (χ1n) is 12.2. The molecule has 40 heavy (non-hydrogen) atoms. The summed E-state index contributed by atoms with van der Waals surface area (Å²) < 4.78 is 74.1. The molecule has 0 aliphatic carbocycles. The Morgan fingerprint density at radius 2 is 1.70 bits per heavy atom. The molecule has 1 aliphatic rings. The van der Waals surface area contributed by atoms with Crippen molar-refractivity contribution in [3.63, 3.8) is 0 Å². The summed E-state index contributed by atoms with van der Waals surface area (Å²) >= 11 is 12.4. The van der Waals surface area contributed by atoms with E-state index in [0.717, 1.165) is 6.07 Å². The van der Waals surface area contributed by atoms with E-state index in [4.69, 9.17) is 43.8 Å². The normalized spacial score (nSPS) is 14.7. The molecule has 1 fully saturated rings. The van der Waals surface area contributed by atoms with Crippen LogP contribution in [-0.2, 0) is 29.5 Å². The van der Waals surface area contributed by atoms with Gasteiger partial charge in [0, 0.05) is 37.8 Å². The highest BCUT2D eigenvalue weighted by molar-refractivity contribution is 7.93. The van der Waals surface area contributed by atoms with Gasteiger partial charge >= 0.3 is 0 Å². The van der Waals surface area contributed by atoms with Crippen LogP contribution in [0.15, 0.2) is 46.3 Å². The van der Waals surface area contributed by atoms with Crippen LogP contribution in [0.5, 0.6) is 5.75 Å². The summed E-state index contributed by atoms with van der Waals surface area (Å²) in [7, 11) is -8.33. The molecule has 11 nitrogen and oxygen atoms in total. The molecule has 4 rings (SSSR count). The van der Waals surface area contributed by atoms with Crippen LogP contribution in [0.3, 0.4) is 0 Å². The number of halogens is 2. The number of nitrogens with one attached hydrogen (secondary N) is 3. The van der Waals surface area contributed by atoms with E-state index in [1.54, 1.807) is 0 Å². The van der Waals surface area contributed by atoms with Crippen LogP contribution >= 0.6 is 23.2 Å². The highest BCUT2D eigenvalue weighted by Gasteiger charge is 2.31. The second-order valence-electron chi connectivity index (χ2n) is 8.57. The summed E-state index contributed by atoms with van der Waals surface area (Å²) in [6.07, 6.45) is 6.61. The summed E-state index contributed by atoms with van der Waals surface area (Å²) in [5.41, 5.74) is 0.584. The minimum Gasteiger partial charge on any atom is -0.490 e. The van der Waals surface area contributed by atoms with Gasteiger partial charge in [0.15, 0.2) is 0 Å². The molecule has 2 heterocycles. The molecule has 0 spiro atoms. The molecule has 3 aromatic rings. The van der Waals surface area contributed by atoms with Gasteiger partial charge in [-0.15, -0.1) is 6.42 Å². The molecule has 0 bridgehead atoms. The largest absolute Gasteiger partial charge is 0.490 e. The fourth-order valence-electron chi connectivity index (χ4n) is 4.02. The van der Waals surface area contributed by atoms with E-state index in [2.05, 4.69) is 20.9 Å². The summed E-state index contributed by atoms with van der Waals surface area (Å²) in [5.74, 6) is 2.36. The Bertz CT molecular complexity index is 1600. The van der Waals surface area contributed by atoms with Crippen LogP contribution < -0.4 is 14.8 Å². The molecule has 1 saturated heterocycles. The standard InChI is InChI=1S/C25H28Cl2N4O7S2/c1-2-11-36-12-13-37-14-15-38-22-6-3-18(16-23(22)40(34,35)31-9-7-28-8-10-31)39(32,33)30-21-5-4-19(26)24-20(27)17-29-25(21)24/h1,3-6,16-17,28-30H,7-15H2. The van der Waals surface area contributed by atoms with E-state index in [0.29, 0.717) is 40.6 Å². The van der Waals surface area contributed by atoms with Gasteiger partial charge in [-0.2, -0.15) is 4.31 Å². The number of fused-ring (bicyclic) bond motifs is 1. The maximum atomic E-state index is 13.6. The molecule has 3 N–H and O–H groups in total. The average Bonchev–Trinajstić information content (AvgIpc) is 3.34. The summed E-state index contributed by atoms with van der Waals surface area (Å²) in [6.45, 7) is 2.34. The molecule has 1 aromatic heterocycles. The quantitative estimate of drug-likeness (QED) is 0.193. The van der Waals surface area contributed by atoms with Gasteiger partial charge in [0.1, 0.15) is 23.9 Å². The summed E-state index contributed by atoms with van der Waals surface area (Å²) in [5, 5.41) is 4.23. The topological polar surface area (TPSA) is 139 Å². The Kier molecular flexibility index (Phi) is 10.2. The number of aromatic nitrogens is 1.